The quantitative estimate of drug-likeness (QED) is 0.642. The molecule has 1 heterocycles. The number of allylic oxidation sites excluding steroid dienone is 3. The molecule has 0 aliphatic carbocycles. The van der Waals surface area contributed by atoms with E-state index in [2.05, 4.69) is 6.58 Å². The van der Waals surface area contributed by atoms with Crippen molar-refractivity contribution in [1.82, 2.24) is 0 Å². The molecule has 0 bridgehead atoms. The minimum Gasteiger partial charge on any atom is -0.456 e. The molecule has 0 fully saturated rings. The lowest BCUT2D eigenvalue weighted by molar-refractivity contribution is 0.599. The van der Waals surface area contributed by atoms with E-state index in [0.29, 0.717) is 0 Å². The first-order valence-electron chi connectivity index (χ1n) is 4.59. The lowest BCUT2D eigenvalue weighted by Crippen LogP contribution is -1.70. The Hall–Kier alpha value is -1.76. The van der Waals surface area contributed by atoms with Crippen molar-refractivity contribution in [1.29, 1.82) is 0 Å². The highest BCUT2D eigenvalue weighted by atomic mass is 16.3. The molecule has 2 rings (SSSR count). The van der Waals surface area contributed by atoms with Crippen LogP contribution in [0.25, 0.3) is 16.5 Å². The van der Waals surface area contributed by atoms with Crippen LogP contribution in [-0.2, 0) is 0 Å². The van der Waals surface area contributed by atoms with E-state index in [1.165, 1.54) is 0 Å². The van der Waals surface area contributed by atoms with Gasteiger partial charge in [0.1, 0.15) is 11.3 Å². The fraction of sp³-hybridized carbons (Fsp3) is 0.0769. The lowest BCUT2D eigenvalue weighted by atomic mass is 10.2. The molecule has 2 aromatic rings. The van der Waals surface area contributed by atoms with Crippen LogP contribution >= 0.6 is 0 Å². The van der Waals surface area contributed by atoms with Crippen molar-refractivity contribution in [3.8, 4) is 0 Å². The fourth-order valence-corrected chi connectivity index (χ4v) is 1.44. The second kappa shape index (κ2) is 3.54. The van der Waals surface area contributed by atoms with Gasteiger partial charge in [-0.05, 0) is 24.6 Å². The smallest absolute Gasteiger partial charge is 0.134 e. The number of fused-ring (bicyclic) bond motifs is 1. The summed E-state index contributed by atoms with van der Waals surface area (Å²) in [5, 5.41) is 1.14. The molecule has 1 nitrogen and oxygen atoms in total. The first-order valence-corrected chi connectivity index (χ1v) is 4.59. The van der Waals surface area contributed by atoms with E-state index in [-0.39, 0.29) is 0 Å². The van der Waals surface area contributed by atoms with Gasteiger partial charge >= 0.3 is 0 Å². The van der Waals surface area contributed by atoms with Crippen LogP contribution in [0.15, 0.2) is 53.5 Å². The van der Waals surface area contributed by atoms with Crippen LogP contribution in [0.2, 0.25) is 0 Å². The Kier molecular flexibility index (Phi) is 2.23. The van der Waals surface area contributed by atoms with Crippen LogP contribution in [0, 0.1) is 0 Å². The predicted molar refractivity (Wildman–Crippen MR) is 60.1 cm³/mol. The van der Waals surface area contributed by atoms with Gasteiger partial charge in [0.25, 0.3) is 0 Å². The summed E-state index contributed by atoms with van der Waals surface area (Å²) in [7, 11) is 0. The van der Waals surface area contributed by atoms with Crippen molar-refractivity contribution in [2.24, 2.45) is 0 Å². The van der Waals surface area contributed by atoms with Crippen molar-refractivity contribution in [3.05, 3.63) is 54.8 Å². The van der Waals surface area contributed by atoms with Crippen LogP contribution in [0.5, 0.6) is 0 Å². The molecule has 0 saturated heterocycles. The molecule has 1 aromatic heterocycles. The summed E-state index contributed by atoms with van der Waals surface area (Å²) in [6, 6.07) is 10.0. The van der Waals surface area contributed by atoms with E-state index < -0.39 is 0 Å². The zero-order chi connectivity index (χ0) is 9.97. The van der Waals surface area contributed by atoms with Gasteiger partial charge in [-0.2, -0.15) is 0 Å². The molecule has 0 unspecified atom stereocenters. The van der Waals surface area contributed by atoms with Crippen molar-refractivity contribution < 1.29 is 4.42 Å². The van der Waals surface area contributed by atoms with E-state index in [1.54, 1.807) is 6.08 Å². The van der Waals surface area contributed by atoms with Crippen molar-refractivity contribution >= 4 is 16.5 Å². The molecular formula is C13H12O. The molecule has 0 saturated carbocycles. The molecule has 0 radical (unpaired) electrons. The summed E-state index contributed by atoms with van der Waals surface area (Å²) >= 11 is 0. The van der Waals surface area contributed by atoms with E-state index >= 15 is 0 Å². The van der Waals surface area contributed by atoms with Crippen LogP contribution in [0.4, 0.5) is 0 Å². The number of rotatable bonds is 2. The largest absolute Gasteiger partial charge is 0.456 e. The van der Waals surface area contributed by atoms with Crippen molar-refractivity contribution in [2.75, 3.05) is 0 Å². The summed E-state index contributed by atoms with van der Waals surface area (Å²) in [5.41, 5.74) is 2.02. The minimum atomic E-state index is 0.908. The van der Waals surface area contributed by atoms with Crippen molar-refractivity contribution in [3.63, 3.8) is 0 Å². The van der Waals surface area contributed by atoms with Gasteiger partial charge in [-0.3, -0.25) is 0 Å². The number of para-hydroxylation sites is 1. The molecule has 70 valence electrons. The SMILES string of the molecule is C=C/C=C(/C)c1cc2ccccc2o1. The Morgan fingerprint density at radius 2 is 2.14 bits per heavy atom. The number of benzene rings is 1. The zero-order valence-electron chi connectivity index (χ0n) is 8.16. The van der Waals surface area contributed by atoms with E-state index in [1.807, 2.05) is 43.3 Å². The minimum absolute atomic E-state index is 0.908. The molecular weight excluding hydrogens is 172 g/mol. The summed E-state index contributed by atoms with van der Waals surface area (Å²) in [6.45, 7) is 5.68. The van der Waals surface area contributed by atoms with Gasteiger partial charge in [0.2, 0.25) is 0 Å². The molecule has 0 atom stereocenters. The molecule has 1 heteroatoms. The van der Waals surface area contributed by atoms with Gasteiger partial charge in [0.15, 0.2) is 0 Å². The monoisotopic (exact) mass is 184 g/mol. The Morgan fingerprint density at radius 3 is 2.86 bits per heavy atom. The number of hydrogen-bond acceptors (Lipinski definition) is 1. The molecule has 1 aromatic carbocycles. The van der Waals surface area contributed by atoms with Crippen molar-refractivity contribution in [2.45, 2.75) is 6.92 Å². The maximum Gasteiger partial charge on any atom is 0.134 e. The lowest BCUT2D eigenvalue weighted by Gasteiger charge is -1.91. The van der Waals surface area contributed by atoms with Gasteiger partial charge in [-0.15, -0.1) is 0 Å². The Bertz CT molecular complexity index is 456. The third kappa shape index (κ3) is 1.49. The summed E-state index contributed by atoms with van der Waals surface area (Å²) in [4.78, 5) is 0. The first-order chi connectivity index (χ1) is 6.81. The van der Waals surface area contributed by atoms with Gasteiger partial charge in [-0.25, -0.2) is 0 Å². The van der Waals surface area contributed by atoms with E-state index in [4.69, 9.17) is 4.42 Å². The third-order valence-electron chi connectivity index (χ3n) is 2.18. The molecule has 0 aliphatic heterocycles. The van der Waals surface area contributed by atoms with Crippen LogP contribution < -0.4 is 0 Å². The van der Waals surface area contributed by atoms with Gasteiger partial charge in [0, 0.05) is 5.39 Å². The summed E-state index contributed by atoms with van der Waals surface area (Å²) in [5.74, 6) is 0.908. The molecule has 0 N–H and O–H groups in total. The normalized spacial score (nSPS) is 11.9. The predicted octanol–water partition coefficient (Wildman–Crippen LogP) is 4.02. The highest BCUT2D eigenvalue weighted by Crippen LogP contribution is 2.23. The standard InChI is InChI=1S/C13H12O/c1-3-6-10(2)13-9-11-7-4-5-8-12(11)14-13/h3-9H,1H2,2H3/b10-6-. The molecule has 14 heavy (non-hydrogen) atoms. The molecule has 0 amide bonds. The average Bonchev–Trinajstić information content (AvgIpc) is 2.61. The maximum absolute atomic E-state index is 5.67. The van der Waals surface area contributed by atoms with Crippen LogP contribution in [0.1, 0.15) is 12.7 Å². The Morgan fingerprint density at radius 1 is 1.36 bits per heavy atom. The Labute approximate surface area is 83.4 Å². The fourth-order valence-electron chi connectivity index (χ4n) is 1.44. The highest BCUT2D eigenvalue weighted by Gasteiger charge is 2.03. The Balaban J connectivity index is 2.55. The van der Waals surface area contributed by atoms with Gasteiger partial charge in [0.05, 0.1) is 0 Å². The zero-order valence-corrected chi connectivity index (χ0v) is 8.16. The summed E-state index contributed by atoms with van der Waals surface area (Å²) in [6.07, 6.45) is 3.71. The first kappa shape index (κ1) is 8.82. The number of hydrogen-bond donors (Lipinski definition) is 0. The molecule has 0 spiro atoms. The van der Waals surface area contributed by atoms with E-state index in [9.17, 15) is 0 Å². The number of furan rings is 1. The molecule has 0 aliphatic rings. The van der Waals surface area contributed by atoms with E-state index in [0.717, 1.165) is 22.3 Å². The van der Waals surface area contributed by atoms with Gasteiger partial charge < -0.3 is 4.42 Å². The third-order valence-corrected chi connectivity index (χ3v) is 2.18. The van der Waals surface area contributed by atoms with Gasteiger partial charge in [-0.1, -0.05) is 36.9 Å². The van der Waals surface area contributed by atoms with Crippen LogP contribution in [0.3, 0.4) is 0 Å². The highest BCUT2D eigenvalue weighted by molar-refractivity contribution is 5.81. The van der Waals surface area contributed by atoms with Crippen LogP contribution in [-0.4, -0.2) is 0 Å². The second-order valence-electron chi connectivity index (χ2n) is 3.23. The topological polar surface area (TPSA) is 13.1 Å². The average molecular weight is 184 g/mol. The maximum atomic E-state index is 5.67. The summed E-state index contributed by atoms with van der Waals surface area (Å²) < 4.78 is 5.67. The second-order valence-corrected chi connectivity index (χ2v) is 3.23.